The van der Waals surface area contributed by atoms with Crippen LogP contribution in [-0.4, -0.2) is 36.3 Å². The van der Waals surface area contributed by atoms with E-state index in [0.717, 1.165) is 10.0 Å². The quantitative estimate of drug-likeness (QED) is 0.778. The van der Waals surface area contributed by atoms with Crippen LogP contribution in [0.15, 0.2) is 52.0 Å². The Morgan fingerprint density at radius 2 is 2.18 bits per heavy atom. The molecule has 6 heteroatoms. The molecule has 2 unspecified atom stereocenters. The molecule has 0 radical (unpaired) electrons. The van der Waals surface area contributed by atoms with Gasteiger partial charge in [0.05, 0.1) is 12.6 Å². The fourth-order valence-corrected chi connectivity index (χ4v) is 3.58. The summed E-state index contributed by atoms with van der Waals surface area (Å²) in [6, 6.07) is 9.36. The smallest absolute Gasteiger partial charge is 0.410 e. The highest BCUT2D eigenvalue weighted by Gasteiger charge is 2.38. The molecule has 1 aliphatic carbocycles. The van der Waals surface area contributed by atoms with Gasteiger partial charge in [0.15, 0.2) is 0 Å². The summed E-state index contributed by atoms with van der Waals surface area (Å²) in [5.41, 5.74) is 0.957. The van der Waals surface area contributed by atoms with Gasteiger partial charge in [0.1, 0.15) is 12.7 Å². The number of hydrogen-bond acceptors (Lipinski definition) is 3. The van der Waals surface area contributed by atoms with Crippen molar-refractivity contribution in [2.24, 2.45) is 0 Å². The number of benzene rings is 1. The lowest BCUT2D eigenvalue weighted by Gasteiger charge is -2.40. The summed E-state index contributed by atoms with van der Waals surface area (Å²) < 4.78 is 12.0. The minimum Gasteiger partial charge on any atom is -0.445 e. The summed E-state index contributed by atoms with van der Waals surface area (Å²) in [4.78, 5) is 14.0. The number of halogens is 2. The van der Waals surface area contributed by atoms with Crippen LogP contribution in [0.1, 0.15) is 5.56 Å². The zero-order chi connectivity index (χ0) is 15.5. The Balaban J connectivity index is 1.68. The van der Waals surface area contributed by atoms with E-state index in [9.17, 15) is 4.79 Å². The Labute approximate surface area is 142 Å². The van der Waals surface area contributed by atoms with Crippen molar-refractivity contribution in [2.45, 2.75) is 18.8 Å². The van der Waals surface area contributed by atoms with Crippen LogP contribution in [-0.2, 0) is 16.1 Å². The molecule has 0 spiro atoms. The molecule has 0 saturated carbocycles. The van der Waals surface area contributed by atoms with Crippen LogP contribution in [0.4, 0.5) is 4.79 Å². The predicted octanol–water partition coefficient (Wildman–Crippen LogP) is 3.81. The van der Waals surface area contributed by atoms with Crippen molar-refractivity contribution in [1.82, 2.24) is 4.90 Å². The molecule has 1 aromatic rings. The Kier molecular flexibility index (Phi) is 4.86. The number of fused-ring (bicyclic) bond motifs is 1. The van der Waals surface area contributed by atoms with Crippen molar-refractivity contribution in [3.05, 3.63) is 57.6 Å². The van der Waals surface area contributed by atoms with Gasteiger partial charge in [-0.25, -0.2) is 4.79 Å². The average molecular weight is 385 g/mol. The molecule has 3 rings (SSSR count). The number of hydrogen-bond donors (Lipinski definition) is 0. The topological polar surface area (TPSA) is 38.8 Å². The van der Waals surface area contributed by atoms with Crippen molar-refractivity contribution in [3.63, 3.8) is 0 Å². The van der Waals surface area contributed by atoms with E-state index >= 15 is 0 Å². The van der Waals surface area contributed by atoms with Crippen LogP contribution in [0.5, 0.6) is 0 Å². The molecule has 2 atom stereocenters. The largest absolute Gasteiger partial charge is 0.445 e. The van der Waals surface area contributed by atoms with Crippen LogP contribution >= 0.6 is 27.5 Å². The molecule has 4 nitrogen and oxygen atoms in total. The highest BCUT2D eigenvalue weighted by Crippen LogP contribution is 2.32. The lowest BCUT2D eigenvalue weighted by atomic mass is 10.0. The van der Waals surface area contributed by atoms with Gasteiger partial charge in [-0.3, -0.25) is 4.90 Å². The molecular weight excluding hydrogens is 370 g/mol. The monoisotopic (exact) mass is 383 g/mol. The Morgan fingerprint density at radius 1 is 1.41 bits per heavy atom. The van der Waals surface area contributed by atoms with E-state index < -0.39 is 0 Å². The molecule has 0 aromatic heterocycles. The fourth-order valence-electron chi connectivity index (χ4n) is 2.55. The Morgan fingerprint density at radius 3 is 2.95 bits per heavy atom. The van der Waals surface area contributed by atoms with Gasteiger partial charge >= 0.3 is 6.09 Å². The highest BCUT2D eigenvalue weighted by atomic mass is 79.9. The highest BCUT2D eigenvalue weighted by molar-refractivity contribution is 9.11. The van der Waals surface area contributed by atoms with Crippen LogP contribution in [0.25, 0.3) is 0 Å². The van der Waals surface area contributed by atoms with E-state index in [4.69, 9.17) is 21.1 Å². The third kappa shape index (κ3) is 3.37. The number of carbonyl (C=O) groups excluding carboxylic acids is 1. The minimum atomic E-state index is -0.356. The van der Waals surface area contributed by atoms with E-state index in [2.05, 4.69) is 15.9 Å². The standard InChI is InChI=1S/C16H15BrClNO3/c17-13-8-12(18)9-14-15(13)21-7-6-19(14)16(20)22-10-11-4-2-1-3-5-11/h1-5,8-9,14-15H,6-7,10H2. The van der Waals surface area contributed by atoms with Crippen LogP contribution in [0.3, 0.4) is 0 Å². The van der Waals surface area contributed by atoms with Crippen molar-refractivity contribution in [1.29, 1.82) is 0 Å². The molecule has 1 heterocycles. The first-order valence-electron chi connectivity index (χ1n) is 6.98. The van der Waals surface area contributed by atoms with Gasteiger partial charge in [0.25, 0.3) is 0 Å². The molecule has 1 amide bonds. The maximum absolute atomic E-state index is 12.4. The molecule has 1 fully saturated rings. The van der Waals surface area contributed by atoms with E-state index in [1.165, 1.54) is 0 Å². The molecule has 2 aliphatic rings. The van der Waals surface area contributed by atoms with Crippen molar-refractivity contribution < 1.29 is 14.3 Å². The summed E-state index contributed by atoms with van der Waals surface area (Å²) in [5.74, 6) is 0. The summed E-state index contributed by atoms with van der Waals surface area (Å²) in [5, 5.41) is 0.583. The van der Waals surface area contributed by atoms with Gasteiger partial charge in [-0.2, -0.15) is 0 Å². The lowest BCUT2D eigenvalue weighted by molar-refractivity contribution is -0.0321. The summed E-state index contributed by atoms with van der Waals surface area (Å²) in [7, 11) is 0. The van der Waals surface area contributed by atoms with Crippen LogP contribution in [0.2, 0.25) is 0 Å². The summed E-state index contributed by atoms with van der Waals surface area (Å²) in [6.07, 6.45) is 3.03. The molecular formula is C16H15BrClNO3. The van der Waals surface area contributed by atoms with E-state index in [0.29, 0.717) is 18.2 Å². The maximum atomic E-state index is 12.4. The third-order valence-corrected chi connectivity index (χ3v) is 4.53. The molecule has 1 aromatic carbocycles. The number of ether oxygens (including phenoxy) is 2. The molecule has 0 bridgehead atoms. The zero-order valence-electron chi connectivity index (χ0n) is 11.7. The molecule has 0 N–H and O–H groups in total. The zero-order valence-corrected chi connectivity index (χ0v) is 14.1. The Bertz CT molecular complexity index is 617. The van der Waals surface area contributed by atoms with E-state index in [1.54, 1.807) is 11.0 Å². The lowest BCUT2D eigenvalue weighted by Crippen LogP contribution is -2.53. The number of carbonyl (C=O) groups is 1. The van der Waals surface area contributed by atoms with Crippen molar-refractivity contribution in [2.75, 3.05) is 13.2 Å². The SMILES string of the molecule is O=C(OCc1ccccc1)N1CCOC2C(Br)=CC(Cl)=CC21. The number of rotatable bonds is 2. The minimum absolute atomic E-state index is 0.222. The average Bonchev–Trinajstić information content (AvgIpc) is 2.53. The molecule has 22 heavy (non-hydrogen) atoms. The molecule has 1 saturated heterocycles. The third-order valence-electron chi connectivity index (χ3n) is 3.62. The van der Waals surface area contributed by atoms with Gasteiger partial charge < -0.3 is 9.47 Å². The predicted molar refractivity (Wildman–Crippen MR) is 87.8 cm³/mol. The first kappa shape index (κ1) is 15.6. The number of allylic oxidation sites excluding steroid dienone is 2. The van der Waals surface area contributed by atoms with E-state index in [-0.39, 0.29) is 24.8 Å². The summed E-state index contributed by atoms with van der Waals surface area (Å²) >= 11 is 9.55. The van der Waals surface area contributed by atoms with Crippen molar-refractivity contribution >= 4 is 33.6 Å². The van der Waals surface area contributed by atoms with Gasteiger partial charge in [0, 0.05) is 16.1 Å². The summed E-state index contributed by atoms with van der Waals surface area (Å²) in [6.45, 7) is 1.20. The first-order valence-corrected chi connectivity index (χ1v) is 8.15. The second kappa shape index (κ2) is 6.86. The first-order chi connectivity index (χ1) is 10.6. The van der Waals surface area contributed by atoms with Crippen molar-refractivity contribution in [3.8, 4) is 0 Å². The molecule has 1 aliphatic heterocycles. The van der Waals surface area contributed by atoms with E-state index in [1.807, 2.05) is 36.4 Å². The van der Waals surface area contributed by atoms with Gasteiger partial charge in [-0.05, 0) is 17.7 Å². The number of morpholine rings is 1. The second-order valence-corrected chi connectivity index (χ2v) is 6.45. The number of amides is 1. The maximum Gasteiger partial charge on any atom is 0.410 e. The second-order valence-electron chi connectivity index (χ2n) is 5.10. The van der Waals surface area contributed by atoms with Gasteiger partial charge in [-0.1, -0.05) is 57.9 Å². The fraction of sp³-hybridized carbons (Fsp3) is 0.312. The number of nitrogens with zero attached hydrogens (tertiary/aromatic N) is 1. The van der Waals surface area contributed by atoms with Gasteiger partial charge in [-0.15, -0.1) is 0 Å². The van der Waals surface area contributed by atoms with Crippen LogP contribution in [0, 0.1) is 0 Å². The van der Waals surface area contributed by atoms with Gasteiger partial charge in [0.2, 0.25) is 0 Å². The molecule has 116 valence electrons. The van der Waals surface area contributed by atoms with Crippen LogP contribution < -0.4 is 0 Å². The Hall–Kier alpha value is -1.30. The normalized spacial score (nSPS) is 24.2.